The number of likely N-dealkylation sites (tertiary alicyclic amines) is 1. The van der Waals surface area contributed by atoms with Crippen LogP contribution in [0.2, 0.25) is 0 Å². The molecule has 0 aliphatic carbocycles. The molecule has 6 heteroatoms. The normalized spacial score (nSPS) is 22.3. The van der Waals surface area contributed by atoms with E-state index in [2.05, 4.69) is 34.5 Å². The zero-order valence-corrected chi connectivity index (χ0v) is 14.4. The van der Waals surface area contributed by atoms with Gasteiger partial charge in [0.25, 0.3) is 0 Å². The molecular formula is C16H24Cl2N2O2. The van der Waals surface area contributed by atoms with Crippen molar-refractivity contribution in [1.29, 1.82) is 0 Å². The number of nitrogens with one attached hydrogen (secondary N) is 1. The Bertz CT molecular complexity index is 480. The summed E-state index contributed by atoms with van der Waals surface area (Å²) in [6, 6.07) is 10.4. The molecule has 1 aromatic rings. The first-order valence-electron chi connectivity index (χ1n) is 7.37. The SMILES string of the molecule is CCOC(=O)C1CN(Cc2ccccc2)CC12CNC2.Cl.Cl. The summed E-state index contributed by atoms with van der Waals surface area (Å²) < 4.78 is 5.26. The van der Waals surface area contributed by atoms with Gasteiger partial charge >= 0.3 is 5.97 Å². The van der Waals surface area contributed by atoms with Gasteiger partial charge in [0.05, 0.1) is 12.5 Å². The van der Waals surface area contributed by atoms with Gasteiger partial charge in [-0.15, -0.1) is 24.8 Å². The molecule has 124 valence electrons. The summed E-state index contributed by atoms with van der Waals surface area (Å²) in [5.41, 5.74) is 1.40. The minimum absolute atomic E-state index is 0. The largest absolute Gasteiger partial charge is 0.466 e. The van der Waals surface area contributed by atoms with Gasteiger partial charge in [-0.05, 0) is 12.5 Å². The summed E-state index contributed by atoms with van der Waals surface area (Å²) in [6.45, 7) is 6.92. The molecule has 2 fully saturated rings. The number of esters is 1. The Morgan fingerprint density at radius 3 is 2.55 bits per heavy atom. The Labute approximate surface area is 144 Å². The molecule has 4 nitrogen and oxygen atoms in total. The average molecular weight is 347 g/mol. The molecule has 1 N–H and O–H groups in total. The monoisotopic (exact) mass is 346 g/mol. The average Bonchev–Trinajstić information content (AvgIpc) is 2.80. The van der Waals surface area contributed by atoms with E-state index in [0.717, 1.165) is 32.7 Å². The van der Waals surface area contributed by atoms with E-state index < -0.39 is 0 Å². The van der Waals surface area contributed by atoms with Crippen LogP contribution in [0.25, 0.3) is 0 Å². The maximum Gasteiger partial charge on any atom is 0.310 e. The van der Waals surface area contributed by atoms with Crippen molar-refractivity contribution in [3.63, 3.8) is 0 Å². The van der Waals surface area contributed by atoms with Crippen molar-refractivity contribution < 1.29 is 9.53 Å². The Kier molecular flexibility index (Phi) is 7.13. The van der Waals surface area contributed by atoms with Gasteiger partial charge in [0, 0.05) is 38.1 Å². The number of hydrogen-bond acceptors (Lipinski definition) is 4. The van der Waals surface area contributed by atoms with E-state index in [1.165, 1.54) is 5.56 Å². The Morgan fingerprint density at radius 1 is 1.32 bits per heavy atom. The summed E-state index contributed by atoms with van der Waals surface area (Å²) in [5, 5.41) is 3.32. The first kappa shape index (κ1) is 19.2. The molecule has 2 saturated heterocycles. The van der Waals surface area contributed by atoms with Gasteiger partial charge in [-0.3, -0.25) is 9.69 Å². The third-order valence-corrected chi connectivity index (χ3v) is 4.49. The fourth-order valence-electron chi connectivity index (χ4n) is 3.41. The van der Waals surface area contributed by atoms with Gasteiger partial charge in [-0.1, -0.05) is 30.3 Å². The minimum atomic E-state index is -0.0236. The van der Waals surface area contributed by atoms with Crippen molar-refractivity contribution in [3.05, 3.63) is 35.9 Å². The van der Waals surface area contributed by atoms with Crippen molar-refractivity contribution in [2.75, 3.05) is 32.8 Å². The highest BCUT2D eigenvalue weighted by Gasteiger charge is 2.54. The molecule has 2 aliphatic heterocycles. The first-order valence-corrected chi connectivity index (χ1v) is 7.37. The molecule has 0 saturated carbocycles. The first-order chi connectivity index (χ1) is 9.73. The van der Waals surface area contributed by atoms with E-state index in [1.54, 1.807) is 0 Å². The number of halogens is 2. The molecule has 22 heavy (non-hydrogen) atoms. The maximum absolute atomic E-state index is 12.2. The zero-order valence-electron chi connectivity index (χ0n) is 12.8. The van der Waals surface area contributed by atoms with E-state index in [-0.39, 0.29) is 42.1 Å². The quantitative estimate of drug-likeness (QED) is 0.848. The summed E-state index contributed by atoms with van der Waals surface area (Å²) in [6.07, 6.45) is 0. The fraction of sp³-hybridized carbons (Fsp3) is 0.562. The van der Waals surface area contributed by atoms with E-state index in [1.807, 2.05) is 13.0 Å². The summed E-state index contributed by atoms with van der Waals surface area (Å²) in [7, 11) is 0. The second-order valence-corrected chi connectivity index (χ2v) is 5.93. The summed E-state index contributed by atoms with van der Waals surface area (Å²) in [4.78, 5) is 14.6. The highest BCUT2D eigenvalue weighted by Crippen LogP contribution is 2.40. The molecule has 0 bridgehead atoms. The van der Waals surface area contributed by atoms with Gasteiger partial charge < -0.3 is 10.1 Å². The standard InChI is InChI=1S/C16H22N2O2.2ClH/c1-2-20-15(19)14-9-18(12-16(14)10-17-11-16)8-13-6-4-3-5-7-13;;/h3-7,14,17H,2,8-12H2,1H3;2*1H. The molecule has 2 heterocycles. The van der Waals surface area contributed by atoms with Crippen LogP contribution in [-0.2, 0) is 16.1 Å². The maximum atomic E-state index is 12.2. The lowest BCUT2D eigenvalue weighted by Gasteiger charge is -2.42. The topological polar surface area (TPSA) is 41.6 Å². The number of nitrogens with zero attached hydrogens (tertiary/aromatic N) is 1. The lowest BCUT2D eigenvalue weighted by molar-refractivity contribution is -0.152. The Morgan fingerprint density at radius 2 is 2.00 bits per heavy atom. The van der Waals surface area contributed by atoms with Crippen molar-refractivity contribution >= 4 is 30.8 Å². The second kappa shape index (κ2) is 8.16. The minimum Gasteiger partial charge on any atom is -0.466 e. The Hall–Kier alpha value is -0.810. The summed E-state index contributed by atoms with van der Waals surface area (Å²) in [5.74, 6) is -0.00280. The number of carbonyl (C=O) groups excluding carboxylic acids is 1. The zero-order chi connectivity index (χ0) is 14.0. The number of benzene rings is 1. The van der Waals surface area contributed by atoms with E-state index in [4.69, 9.17) is 4.74 Å². The predicted octanol–water partition coefficient (Wildman–Crippen LogP) is 2.11. The van der Waals surface area contributed by atoms with Crippen LogP contribution in [0.5, 0.6) is 0 Å². The fourth-order valence-corrected chi connectivity index (χ4v) is 3.41. The van der Waals surface area contributed by atoms with Crippen LogP contribution < -0.4 is 5.32 Å². The predicted molar refractivity (Wildman–Crippen MR) is 91.6 cm³/mol. The number of rotatable bonds is 4. The summed E-state index contributed by atoms with van der Waals surface area (Å²) >= 11 is 0. The van der Waals surface area contributed by atoms with Crippen LogP contribution in [-0.4, -0.2) is 43.7 Å². The van der Waals surface area contributed by atoms with Gasteiger partial charge in [-0.2, -0.15) is 0 Å². The van der Waals surface area contributed by atoms with Crippen LogP contribution in [0.3, 0.4) is 0 Å². The van der Waals surface area contributed by atoms with Gasteiger partial charge in [-0.25, -0.2) is 0 Å². The van der Waals surface area contributed by atoms with Gasteiger partial charge in [0.2, 0.25) is 0 Å². The van der Waals surface area contributed by atoms with Crippen LogP contribution >= 0.6 is 24.8 Å². The smallest absolute Gasteiger partial charge is 0.310 e. The highest BCUT2D eigenvalue weighted by atomic mass is 35.5. The van der Waals surface area contributed by atoms with Crippen molar-refractivity contribution in [2.45, 2.75) is 13.5 Å². The molecule has 1 unspecified atom stereocenters. The molecule has 0 radical (unpaired) electrons. The third kappa shape index (κ3) is 3.74. The van der Waals surface area contributed by atoms with Crippen molar-refractivity contribution in [3.8, 4) is 0 Å². The van der Waals surface area contributed by atoms with Crippen LogP contribution in [0.15, 0.2) is 30.3 Å². The number of ether oxygens (including phenoxy) is 1. The molecular weight excluding hydrogens is 323 g/mol. The Balaban J connectivity index is 0.00000121. The van der Waals surface area contributed by atoms with E-state index in [0.29, 0.717) is 6.61 Å². The number of carbonyl (C=O) groups is 1. The molecule has 2 aliphatic rings. The van der Waals surface area contributed by atoms with Crippen LogP contribution in [0, 0.1) is 11.3 Å². The highest BCUT2D eigenvalue weighted by molar-refractivity contribution is 5.85. The number of hydrogen-bond donors (Lipinski definition) is 1. The molecule has 0 amide bonds. The molecule has 3 rings (SSSR count). The molecule has 1 aromatic carbocycles. The lowest BCUT2D eigenvalue weighted by atomic mass is 9.73. The van der Waals surface area contributed by atoms with E-state index >= 15 is 0 Å². The molecule has 0 aromatic heterocycles. The third-order valence-electron chi connectivity index (χ3n) is 4.49. The van der Waals surface area contributed by atoms with Crippen molar-refractivity contribution in [2.24, 2.45) is 11.3 Å². The second-order valence-electron chi connectivity index (χ2n) is 5.93. The van der Waals surface area contributed by atoms with Gasteiger partial charge in [0.1, 0.15) is 0 Å². The molecule has 1 atom stereocenters. The lowest BCUT2D eigenvalue weighted by Crippen LogP contribution is -2.59. The van der Waals surface area contributed by atoms with Crippen LogP contribution in [0.4, 0.5) is 0 Å². The molecule has 1 spiro atoms. The van der Waals surface area contributed by atoms with Crippen LogP contribution in [0.1, 0.15) is 12.5 Å². The van der Waals surface area contributed by atoms with Gasteiger partial charge in [0.15, 0.2) is 0 Å². The van der Waals surface area contributed by atoms with Crippen molar-refractivity contribution in [1.82, 2.24) is 10.2 Å². The van der Waals surface area contributed by atoms with E-state index in [9.17, 15) is 4.79 Å².